The molecule has 0 bridgehead atoms. The zero-order valence-electron chi connectivity index (χ0n) is 19.0. The van der Waals surface area contributed by atoms with E-state index in [4.69, 9.17) is 0 Å². The maximum Gasteiger partial charge on any atom is 0.253 e. The van der Waals surface area contributed by atoms with Crippen LogP contribution in [0.1, 0.15) is 39.2 Å². The summed E-state index contributed by atoms with van der Waals surface area (Å²) in [5.41, 5.74) is 3.31. The molecular formula is C26H28N4O3. The Morgan fingerprint density at radius 3 is 2.18 bits per heavy atom. The first-order valence-electron chi connectivity index (χ1n) is 10.6. The Morgan fingerprint density at radius 1 is 0.818 bits per heavy atom. The lowest BCUT2D eigenvalue weighted by atomic mass is 10.1. The number of benzene rings is 3. The monoisotopic (exact) mass is 444 g/mol. The summed E-state index contributed by atoms with van der Waals surface area (Å²) in [5, 5.41) is 8.79. The summed E-state index contributed by atoms with van der Waals surface area (Å²) in [7, 11) is 3.39. The van der Waals surface area contributed by atoms with Crippen molar-refractivity contribution in [3.63, 3.8) is 0 Å². The molecule has 0 heterocycles. The molecule has 3 rings (SSSR count). The largest absolute Gasteiger partial charge is 0.376 e. The Hall–Kier alpha value is -4.13. The van der Waals surface area contributed by atoms with E-state index in [2.05, 4.69) is 16.0 Å². The molecule has 0 saturated carbocycles. The SMILES string of the molecule is CC(NC(=O)c1cccc(NC(=O)CNc2ccc(C(=O)N(C)C)cc2)c1)c1ccccc1. The number of nitrogens with zero attached hydrogens (tertiary/aromatic N) is 1. The first kappa shape index (κ1) is 23.5. The number of amides is 3. The third-order valence-electron chi connectivity index (χ3n) is 5.05. The predicted octanol–water partition coefficient (Wildman–Crippen LogP) is 3.93. The Bertz CT molecular complexity index is 1110. The van der Waals surface area contributed by atoms with Gasteiger partial charge in [0.1, 0.15) is 0 Å². The lowest BCUT2D eigenvalue weighted by molar-refractivity contribution is -0.114. The molecule has 0 aliphatic carbocycles. The van der Waals surface area contributed by atoms with Crippen LogP contribution in [-0.4, -0.2) is 43.3 Å². The summed E-state index contributed by atoms with van der Waals surface area (Å²) in [4.78, 5) is 38.4. The number of anilines is 2. The molecule has 0 saturated heterocycles. The highest BCUT2D eigenvalue weighted by molar-refractivity contribution is 5.98. The van der Waals surface area contributed by atoms with Gasteiger partial charge in [0.15, 0.2) is 0 Å². The molecule has 1 unspecified atom stereocenters. The van der Waals surface area contributed by atoms with Crippen LogP contribution >= 0.6 is 0 Å². The van der Waals surface area contributed by atoms with Crippen LogP contribution in [0.5, 0.6) is 0 Å². The van der Waals surface area contributed by atoms with Gasteiger partial charge in [0, 0.05) is 36.6 Å². The first-order chi connectivity index (χ1) is 15.8. The van der Waals surface area contributed by atoms with Gasteiger partial charge in [0.2, 0.25) is 5.91 Å². The zero-order chi connectivity index (χ0) is 23.8. The fraction of sp³-hybridized carbons (Fsp3) is 0.192. The summed E-state index contributed by atoms with van der Waals surface area (Å²) in [6.45, 7) is 1.97. The fourth-order valence-corrected chi connectivity index (χ4v) is 3.22. The highest BCUT2D eigenvalue weighted by Gasteiger charge is 2.12. The molecule has 0 radical (unpaired) electrons. The van der Waals surface area contributed by atoms with Gasteiger partial charge in [-0.2, -0.15) is 0 Å². The minimum absolute atomic E-state index is 0.0441. The molecule has 7 nitrogen and oxygen atoms in total. The molecule has 0 fully saturated rings. The minimum Gasteiger partial charge on any atom is -0.376 e. The summed E-state index contributed by atoms with van der Waals surface area (Å²) >= 11 is 0. The summed E-state index contributed by atoms with van der Waals surface area (Å²) in [6.07, 6.45) is 0. The van der Waals surface area contributed by atoms with Crippen LogP contribution in [0.2, 0.25) is 0 Å². The van der Waals surface area contributed by atoms with E-state index in [-0.39, 0.29) is 30.3 Å². The van der Waals surface area contributed by atoms with Crippen molar-refractivity contribution in [2.24, 2.45) is 0 Å². The van der Waals surface area contributed by atoms with Gasteiger partial charge in [-0.05, 0) is 55.0 Å². The average molecular weight is 445 g/mol. The maximum absolute atomic E-state index is 12.6. The number of nitrogens with one attached hydrogen (secondary N) is 3. The molecule has 0 spiro atoms. The third kappa shape index (κ3) is 6.67. The van der Waals surface area contributed by atoms with Crippen LogP contribution in [0.4, 0.5) is 11.4 Å². The molecule has 3 amide bonds. The van der Waals surface area contributed by atoms with Crippen LogP contribution in [0.15, 0.2) is 78.9 Å². The normalized spacial score (nSPS) is 11.2. The van der Waals surface area contributed by atoms with Crippen LogP contribution in [-0.2, 0) is 4.79 Å². The van der Waals surface area contributed by atoms with E-state index in [9.17, 15) is 14.4 Å². The van der Waals surface area contributed by atoms with Crippen molar-refractivity contribution >= 4 is 29.1 Å². The fourth-order valence-electron chi connectivity index (χ4n) is 3.22. The van der Waals surface area contributed by atoms with Crippen molar-refractivity contribution in [3.05, 3.63) is 95.6 Å². The quantitative estimate of drug-likeness (QED) is 0.491. The van der Waals surface area contributed by atoms with Crippen LogP contribution in [0, 0.1) is 0 Å². The highest BCUT2D eigenvalue weighted by Crippen LogP contribution is 2.15. The molecule has 3 N–H and O–H groups in total. The molecule has 3 aromatic carbocycles. The van der Waals surface area contributed by atoms with Gasteiger partial charge < -0.3 is 20.9 Å². The molecule has 3 aromatic rings. The van der Waals surface area contributed by atoms with Crippen molar-refractivity contribution in [2.75, 3.05) is 31.3 Å². The number of carbonyl (C=O) groups is 3. The molecule has 7 heteroatoms. The van der Waals surface area contributed by atoms with Crippen molar-refractivity contribution < 1.29 is 14.4 Å². The standard InChI is InChI=1S/C26H28N4O3/c1-18(19-8-5-4-6-9-19)28-25(32)21-10-7-11-23(16-21)29-24(31)17-27-22-14-12-20(13-15-22)26(33)30(2)3/h4-16,18,27H,17H2,1-3H3,(H,28,32)(H,29,31). The summed E-state index contributed by atoms with van der Waals surface area (Å²) < 4.78 is 0. The van der Waals surface area contributed by atoms with E-state index in [0.717, 1.165) is 11.3 Å². The van der Waals surface area contributed by atoms with Gasteiger partial charge in [-0.15, -0.1) is 0 Å². The van der Waals surface area contributed by atoms with Gasteiger partial charge >= 0.3 is 0 Å². The smallest absolute Gasteiger partial charge is 0.253 e. The zero-order valence-corrected chi connectivity index (χ0v) is 19.0. The topological polar surface area (TPSA) is 90.5 Å². The van der Waals surface area contributed by atoms with Crippen LogP contribution in [0.25, 0.3) is 0 Å². The molecule has 0 aliphatic rings. The van der Waals surface area contributed by atoms with E-state index in [0.29, 0.717) is 16.8 Å². The van der Waals surface area contributed by atoms with E-state index in [1.54, 1.807) is 62.6 Å². The van der Waals surface area contributed by atoms with Crippen LogP contribution < -0.4 is 16.0 Å². The number of rotatable bonds is 8. The van der Waals surface area contributed by atoms with Gasteiger partial charge in [-0.1, -0.05) is 36.4 Å². The Balaban J connectivity index is 1.53. The second kappa shape index (κ2) is 10.9. The van der Waals surface area contributed by atoms with Gasteiger partial charge in [0.05, 0.1) is 12.6 Å². The molecule has 33 heavy (non-hydrogen) atoms. The first-order valence-corrected chi connectivity index (χ1v) is 10.6. The Morgan fingerprint density at radius 2 is 1.52 bits per heavy atom. The van der Waals surface area contributed by atoms with Gasteiger partial charge in [-0.25, -0.2) is 0 Å². The molecule has 170 valence electrons. The molecule has 1 atom stereocenters. The highest BCUT2D eigenvalue weighted by atomic mass is 16.2. The lowest BCUT2D eigenvalue weighted by Crippen LogP contribution is -2.27. The van der Waals surface area contributed by atoms with Gasteiger partial charge in [0.25, 0.3) is 11.8 Å². The third-order valence-corrected chi connectivity index (χ3v) is 5.05. The van der Waals surface area contributed by atoms with Crippen molar-refractivity contribution in [1.29, 1.82) is 0 Å². The van der Waals surface area contributed by atoms with Crippen molar-refractivity contribution in [3.8, 4) is 0 Å². The number of hydrogen-bond acceptors (Lipinski definition) is 4. The molecule has 0 aromatic heterocycles. The van der Waals surface area contributed by atoms with E-state index in [1.807, 2.05) is 37.3 Å². The lowest BCUT2D eigenvalue weighted by Gasteiger charge is -2.15. The Kier molecular flexibility index (Phi) is 7.81. The minimum atomic E-state index is -0.251. The van der Waals surface area contributed by atoms with E-state index >= 15 is 0 Å². The second-order valence-electron chi connectivity index (χ2n) is 7.87. The summed E-state index contributed by atoms with van der Waals surface area (Å²) in [5.74, 6) is -0.548. The molecule has 0 aliphatic heterocycles. The number of carbonyl (C=O) groups excluding carboxylic acids is 3. The molecular weight excluding hydrogens is 416 g/mol. The van der Waals surface area contributed by atoms with Crippen molar-refractivity contribution in [1.82, 2.24) is 10.2 Å². The van der Waals surface area contributed by atoms with E-state index in [1.165, 1.54) is 4.90 Å². The summed E-state index contributed by atoms with van der Waals surface area (Å²) in [6, 6.07) is 23.3. The predicted molar refractivity (Wildman–Crippen MR) is 130 cm³/mol. The van der Waals surface area contributed by atoms with E-state index < -0.39 is 0 Å². The van der Waals surface area contributed by atoms with Gasteiger partial charge in [-0.3, -0.25) is 14.4 Å². The Labute approximate surface area is 193 Å². The average Bonchev–Trinajstić information content (AvgIpc) is 2.83. The number of hydrogen-bond donors (Lipinski definition) is 3. The second-order valence-corrected chi connectivity index (χ2v) is 7.87. The maximum atomic E-state index is 12.6. The van der Waals surface area contributed by atoms with Crippen molar-refractivity contribution in [2.45, 2.75) is 13.0 Å². The van der Waals surface area contributed by atoms with Crippen LogP contribution in [0.3, 0.4) is 0 Å².